The van der Waals surface area contributed by atoms with Crippen LogP contribution in [0.4, 0.5) is 23.2 Å². The molecule has 0 fully saturated rings. The van der Waals surface area contributed by atoms with E-state index in [2.05, 4.69) is 10.1 Å². The topological polar surface area (TPSA) is 21.3 Å². The Balaban J connectivity index is 2.17. The molecule has 0 radical (unpaired) electrons. The lowest BCUT2D eigenvalue weighted by Crippen LogP contribution is -2.18. The summed E-state index contributed by atoms with van der Waals surface area (Å²) in [4.78, 5) is 0. The third-order valence-electron chi connectivity index (χ3n) is 2.88. The Labute approximate surface area is 119 Å². The molecule has 2 aromatic rings. The maximum atomic E-state index is 13.7. The highest BCUT2D eigenvalue weighted by molar-refractivity contribution is 5.52. The first-order valence-electron chi connectivity index (χ1n) is 6.19. The van der Waals surface area contributed by atoms with Crippen molar-refractivity contribution in [3.05, 3.63) is 59.4 Å². The molecule has 2 aromatic carbocycles. The van der Waals surface area contributed by atoms with E-state index >= 15 is 0 Å². The zero-order valence-corrected chi connectivity index (χ0v) is 11.2. The summed E-state index contributed by atoms with van der Waals surface area (Å²) < 4.78 is 54.5. The molecule has 0 saturated carbocycles. The SMILES string of the molecule is Cc1cccc(F)c1NCc1ccccc1OC(F)(F)F. The van der Waals surface area contributed by atoms with Gasteiger partial charge >= 0.3 is 6.36 Å². The highest BCUT2D eigenvalue weighted by Crippen LogP contribution is 2.27. The third kappa shape index (κ3) is 4.11. The number of hydrogen-bond donors (Lipinski definition) is 1. The van der Waals surface area contributed by atoms with Gasteiger partial charge in [-0.15, -0.1) is 13.2 Å². The van der Waals surface area contributed by atoms with Crippen molar-refractivity contribution in [3.63, 3.8) is 0 Å². The molecule has 0 unspecified atom stereocenters. The normalized spacial score (nSPS) is 11.3. The van der Waals surface area contributed by atoms with Gasteiger partial charge in [-0.25, -0.2) is 4.39 Å². The van der Waals surface area contributed by atoms with Crippen molar-refractivity contribution < 1.29 is 22.3 Å². The van der Waals surface area contributed by atoms with Crippen LogP contribution >= 0.6 is 0 Å². The number of nitrogens with one attached hydrogen (secondary N) is 1. The molecule has 0 aliphatic carbocycles. The molecule has 0 amide bonds. The monoisotopic (exact) mass is 299 g/mol. The molecule has 2 rings (SSSR count). The average Bonchev–Trinajstić information content (AvgIpc) is 2.38. The Morgan fingerprint density at radius 2 is 1.76 bits per heavy atom. The molecular weight excluding hydrogens is 286 g/mol. The molecule has 6 heteroatoms. The standard InChI is InChI=1S/C15H13F4NO/c1-10-5-4-7-12(16)14(10)20-9-11-6-2-3-8-13(11)21-15(17,18)19/h2-8,20H,9H2,1H3. The second-order valence-electron chi connectivity index (χ2n) is 4.44. The number of rotatable bonds is 4. The van der Waals surface area contributed by atoms with Crippen LogP contribution in [0.2, 0.25) is 0 Å². The van der Waals surface area contributed by atoms with E-state index in [1.807, 2.05) is 0 Å². The smallest absolute Gasteiger partial charge is 0.405 e. The molecule has 0 aliphatic rings. The van der Waals surface area contributed by atoms with Crippen LogP contribution in [0.15, 0.2) is 42.5 Å². The van der Waals surface area contributed by atoms with E-state index in [0.29, 0.717) is 5.56 Å². The first-order chi connectivity index (χ1) is 9.87. The Kier molecular flexibility index (Phi) is 4.35. The molecule has 0 atom stereocenters. The molecule has 0 spiro atoms. The zero-order chi connectivity index (χ0) is 15.5. The van der Waals surface area contributed by atoms with Gasteiger partial charge in [0, 0.05) is 12.1 Å². The minimum atomic E-state index is -4.76. The molecule has 2 nitrogen and oxygen atoms in total. The van der Waals surface area contributed by atoms with Crippen molar-refractivity contribution in [2.75, 3.05) is 5.32 Å². The van der Waals surface area contributed by atoms with Gasteiger partial charge in [0.1, 0.15) is 11.6 Å². The Morgan fingerprint density at radius 1 is 1.05 bits per heavy atom. The van der Waals surface area contributed by atoms with Crippen molar-refractivity contribution in [3.8, 4) is 5.75 Å². The summed E-state index contributed by atoms with van der Waals surface area (Å²) in [5, 5.41) is 2.80. The van der Waals surface area contributed by atoms with Crippen LogP contribution < -0.4 is 10.1 Å². The van der Waals surface area contributed by atoms with Gasteiger partial charge in [0.25, 0.3) is 0 Å². The van der Waals surface area contributed by atoms with Crippen LogP contribution in [0.25, 0.3) is 0 Å². The number of aryl methyl sites for hydroxylation is 1. The molecule has 21 heavy (non-hydrogen) atoms. The summed E-state index contributed by atoms with van der Waals surface area (Å²) in [7, 11) is 0. The molecular formula is C15H13F4NO. The van der Waals surface area contributed by atoms with Crippen LogP contribution in [0, 0.1) is 12.7 Å². The molecule has 1 N–H and O–H groups in total. The number of ether oxygens (including phenoxy) is 1. The molecule has 0 aromatic heterocycles. The lowest BCUT2D eigenvalue weighted by Gasteiger charge is -2.15. The first kappa shape index (κ1) is 15.2. The maximum absolute atomic E-state index is 13.7. The molecule has 0 bridgehead atoms. The largest absolute Gasteiger partial charge is 0.573 e. The van der Waals surface area contributed by atoms with Crippen molar-refractivity contribution in [2.24, 2.45) is 0 Å². The summed E-state index contributed by atoms with van der Waals surface area (Å²) in [5.41, 5.74) is 1.22. The van der Waals surface area contributed by atoms with Gasteiger partial charge < -0.3 is 10.1 Å². The summed E-state index contributed by atoms with van der Waals surface area (Å²) in [6.07, 6.45) is -4.76. The van der Waals surface area contributed by atoms with Gasteiger partial charge in [0.2, 0.25) is 0 Å². The van der Waals surface area contributed by atoms with E-state index in [0.717, 1.165) is 0 Å². The Bertz CT molecular complexity index is 605. The van der Waals surface area contributed by atoms with Gasteiger partial charge in [-0.05, 0) is 24.6 Å². The second kappa shape index (κ2) is 6.03. The highest BCUT2D eigenvalue weighted by atomic mass is 19.4. The third-order valence-corrected chi connectivity index (χ3v) is 2.88. The van der Waals surface area contributed by atoms with Crippen molar-refractivity contribution >= 4 is 5.69 Å². The average molecular weight is 299 g/mol. The van der Waals surface area contributed by atoms with E-state index < -0.39 is 12.2 Å². The van der Waals surface area contributed by atoms with E-state index in [-0.39, 0.29) is 23.5 Å². The van der Waals surface area contributed by atoms with Gasteiger partial charge in [0.05, 0.1) is 5.69 Å². The van der Waals surface area contributed by atoms with Gasteiger partial charge in [0.15, 0.2) is 0 Å². The predicted molar refractivity (Wildman–Crippen MR) is 71.6 cm³/mol. The number of benzene rings is 2. The minimum absolute atomic E-state index is 0.0219. The van der Waals surface area contributed by atoms with E-state index in [4.69, 9.17) is 0 Å². The Morgan fingerprint density at radius 3 is 2.43 bits per heavy atom. The maximum Gasteiger partial charge on any atom is 0.573 e. The predicted octanol–water partition coefficient (Wildman–Crippen LogP) is 4.64. The number of para-hydroxylation sites is 2. The summed E-state index contributed by atoms with van der Waals surface area (Å²) in [5.74, 6) is -0.754. The van der Waals surface area contributed by atoms with Crippen LogP contribution in [0.1, 0.15) is 11.1 Å². The van der Waals surface area contributed by atoms with E-state index in [1.165, 1.54) is 24.3 Å². The van der Waals surface area contributed by atoms with Crippen LogP contribution in [0.3, 0.4) is 0 Å². The molecule has 0 heterocycles. The minimum Gasteiger partial charge on any atom is -0.405 e. The van der Waals surface area contributed by atoms with Gasteiger partial charge in [-0.3, -0.25) is 0 Å². The lowest BCUT2D eigenvalue weighted by molar-refractivity contribution is -0.274. The summed E-state index contributed by atoms with van der Waals surface area (Å²) in [6, 6.07) is 10.3. The quantitative estimate of drug-likeness (QED) is 0.830. The molecule has 0 aliphatic heterocycles. The van der Waals surface area contributed by atoms with Crippen LogP contribution in [-0.4, -0.2) is 6.36 Å². The number of alkyl halides is 3. The zero-order valence-electron chi connectivity index (χ0n) is 11.2. The van der Waals surface area contributed by atoms with Crippen LogP contribution in [-0.2, 0) is 6.54 Å². The fourth-order valence-corrected chi connectivity index (χ4v) is 1.91. The fourth-order valence-electron chi connectivity index (χ4n) is 1.91. The summed E-state index contributed by atoms with van der Waals surface area (Å²) in [6.45, 7) is 1.73. The number of halogens is 4. The molecule has 112 valence electrons. The van der Waals surface area contributed by atoms with E-state index in [1.54, 1.807) is 25.1 Å². The van der Waals surface area contributed by atoms with E-state index in [9.17, 15) is 17.6 Å². The highest BCUT2D eigenvalue weighted by Gasteiger charge is 2.31. The Hall–Kier alpha value is -2.24. The van der Waals surface area contributed by atoms with Crippen molar-refractivity contribution in [1.29, 1.82) is 0 Å². The second-order valence-corrected chi connectivity index (χ2v) is 4.44. The fraction of sp³-hybridized carbons (Fsp3) is 0.200. The van der Waals surface area contributed by atoms with Gasteiger partial charge in [-0.1, -0.05) is 30.3 Å². The van der Waals surface area contributed by atoms with Crippen LogP contribution in [0.5, 0.6) is 5.75 Å². The van der Waals surface area contributed by atoms with Crippen molar-refractivity contribution in [2.45, 2.75) is 19.8 Å². The number of hydrogen-bond acceptors (Lipinski definition) is 2. The summed E-state index contributed by atoms with van der Waals surface area (Å²) >= 11 is 0. The molecule has 0 saturated heterocycles. The lowest BCUT2D eigenvalue weighted by atomic mass is 10.1. The number of anilines is 1. The first-order valence-corrected chi connectivity index (χ1v) is 6.19. The van der Waals surface area contributed by atoms with Crippen molar-refractivity contribution in [1.82, 2.24) is 0 Å². The van der Waals surface area contributed by atoms with Gasteiger partial charge in [-0.2, -0.15) is 0 Å².